The summed E-state index contributed by atoms with van der Waals surface area (Å²) in [7, 11) is -4.98. The zero-order valence-electron chi connectivity index (χ0n) is 10.8. The third-order valence-corrected chi connectivity index (χ3v) is 4.32. The van der Waals surface area contributed by atoms with Gasteiger partial charge in [-0.15, -0.1) is 3.89 Å². The van der Waals surface area contributed by atoms with Gasteiger partial charge in [-0.05, 0) is 6.07 Å². The molecule has 11 heteroatoms. The largest absolute Gasteiger partial charge is 0.477 e. The number of benzene rings is 1. The van der Waals surface area contributed by atoms with Crippen molar-refractivity contribution in [3.05, 3.63) is 33.9 Å². The fraction of sp³-hybridized carbons (Fsp3) is 0.273. The first-order valence-corrected chi connectivity index (χ1v) is 7.32. The molecule has 0 aromatic heterocycles. The molecule has 118 valence electrons. The van der Waals surface area contributed by atoms with E-state index in [1.54, 1.807) is 0 Å². The SMILES string of the molecule is O=C(O)c1c(N2CC(S(=O)(=O)F)CC2=O)cccc1[N+](=O)[O-]. The number of amides is 1. The molecule has 1 unspecified atom stereocenters. The number of hydrogen-bond donors (Lipinski definition) is 1. The van der Waals surface area contributed by atoms with E-state index in [-0.39, 0.29) is 5.69 Å². The summed E-state index contributed by atoms with van der Waals surface area (Å²) in [4.78, 5) is 33.8. The van der Waals surface area contributed by atoms with E-state index in [4.69, 9.17) is 5.11 Å². The van der Waals surface area contributed by atoms with Gasteiger partial charge in [0.2, 0.25) is 5.91 Å². The monoisotopic (exact) mass is 332 g/mol. The summed E-state index contributed by atoms with van der Waals surface area (Å²) < 4.78 is 34.8. The molecule has 0 bridgehead atoms. The molecule has 1 aliphatic heterocycles. The molecule has 1 amide bonds. The highest BCUT2D eigenvalue weighted by Gasteiger charge is 2.41. The molecule has 1 aromatic carbocycles. The van der Waals surface area contributed by atoms with Crippen molar-refractivity contribution < 1.29 is 31.9 Å². The van der Waals surface area contributed by atoms with Crippen LogP contribution in [0.5, 0.6) is 0 Å². The lowest BCUT2D eigenvalue weighted by molar-refractivity contribution is -0.385. The van der Waals surface area contributed by atoms with Crippen molar-refractivity contribution in [3.63, 3.8) is 0 Å². The third kappa shape index (κ3) is 2.74. The average Bonchev–Trinajstić information content (AvgIpc) is 2.79. The van der Waals surface area contributed by atoms with Crippen LogP contribution in [0, 0.1) is 10.1 Å². The number of nitro groups is 1. The molecule has 1 N–H and O–H groups in total. The van der Waals surface area contributed by atoms with E-state index in [1.165, 1.54) is 0 Å². The summed E-state index contributed by atoms with van der Waals surface area (Å²) in [5.74, 6) is -2.48. The van der Waals surface area contributed by atoms with Crippen molar-refractivity contribution in [2.24, 2.45) is 0 Å². The van der Waals surface area contributed by atoms with Crippen LogP contribution in [0.1, 0.15) is 16.8 Å². The fourth-order valence-corrected chi connectivity index (χ4v) is 2.89. The number of anilines is 1. The molecule has 2 rings (SSSR count). The molecule has 0 radical (unpaired) electrons. The Morgan fingerprint density at radius 2 is 2.09 bits per heavy atom. The number of hydrogen-bond acceptors (Lipinski definition) is 6. The Morgan fingerprint density at radius 3 is 2.55 bits per heavy atom. The number of carboxylic acid groups (broad SMARTS) is 1. The minimum absolute atomic E-state index is 0.335. The van der Waals surface area contributed by atoms with Gasteiger partial charge >= 0.3 is 16.2 Å². The second-order valence-corrected chi connectivity index (χ2v) is 6.16. The number of halogens is 1. The van der Waals surface area contributed by atoms with Crippen molar-refractivity contribution in [3.8, 4) is 0 Å². The summed E-state index contributed by atoms with van der Waals surface area (Å²) in [6, 6.07) is 3.23. The number of carbonyl (C=O) groups excluding carboxylic acids is 1. The number of nitro benzene ring substituents is 1. The van der Waals surface area contributed by atoms with Gasteiger partial charge in [0.25, 0.3) is 5.69 Å². The molecular weight excluding hydrogens is 323 g/mol. The van der Waals surface area contributed by atoms with Crippen LogP contribution in [0.4, 0.5) is 15.3 Å². The smallest absolute Gasteiger partial charge is 0.344 e. The predicted octanol–water partition coefficient (Wildman–Crippen LogP) is 0.698. The number of rotatable bonds is 4. The van der Waals surface area contributed by atoms with Crippen LogP contribution in [0.3, 0.4) is 0 Å². The van der Waals surface area contributed by atoms with Crippen LogP contribution in [0.2, 0.25) is 0 Å². The molecule has 1 aliphatic rings. The molecule has 1 fully saturated rings. The van der Waals surface area contributed by atoms with Crippen molar-refractivity contribution in [2.45, 2.75) is 11.7 Å². The lowest BCUT2D eigenvalue weighted by Gasteiger charge is -2.18. The molecule has 0 saturated carbocycles. The summed E-state index contributed by atoms with van der Waals surface area (Å²) in [6.07, 6.45) is -0.652. The minimum atomic E-state index is -4.98. The summed E-state index contributed by atoms with van der Waals surface area (Å²) in [6.45, 7) is -0.598. The molecule has 1 heterocycles. The normalized spacial score (nSPS) is 18.5. The van der Waals surface area contributed by atoms with Gasteiger partial charge in [-0.1, -0.05) is 6.07 Å². The lowest BCUT2D eigenvalue weighted by atomic mass is 10.1. The van der Waals surface area contributed by atoms with Crippen LogP contribution in [0.15, 0.2) is 18.2 Å². The number of aromatic carboxylic acids is 1. The van der Waals surface area contributed by atoms with Crippen LogP contribution in [0.25, 0.3) is 0 Å². The Labute approximate surface area is 123 Å². The predicted molar refractivity (Wildman–Crippen MR) is 70.8 cm³/mol. The Hall–Kier alpha value is -2.56. The van der Waals surface area contributed by atoms with Gasteiger partial charge < -0.3 is 10.0 Å². The first-order chi connectivity index (χ1) is 10.1. The highest BCUT2D eigenvalue weighted by Crippen LogP contribution is 2.33. The van der Waals surface area contributed by atoms with Crippen LogP contribution < -0.4 is 4.90 Å². The maximum Gasteiger partial charge on any atom is 0.344 e. The molecule has 9 nitrogen and oxygen atoms in total. The molecule has 1 saturated heterocycles. The molecular formula is C11H9FN2O7S. The van der Waals surface area contributed by atoms with Crippen LogP contribution in [-0.2, 0) is 15.0 Å². The fourth-order valence-electron chi connectivity index (χ4n) is 2.22. The Kier molecular flexibility index (Phi) is 3.83. The number of carboxylic acids is 1. The second-order valence-electron chi connectivity index (χ2n) is 4.54. The van der Waals surface area contributed by atoms with Gasteiger partial charge in [0.15, 0.2) is 5.56 Å². The maximum absolute atomic E-state index is 13.0. The number of carbonyl (C=O) groups is 2. The Morgan fingerprint density at radius 1 is 1.45 bits per heavy atom. The second kappa shape index (κ2) is 5.33. The summed E-state index contributed by atoms with van der Waals surface area (Å²) >= 11 is 0. The highest BCUT2D eigenvalue weighted by molar-refractivity contribution is 7.87. The lowest BCUT2D eigenvalue weighted by Crippen LogP contribution is -2.28. The molecule has 0 spiro atoms. The van der Waals surface area contributed by atoms with E-state index in [0.29, 0.717) is 0 Å². The quantitative estimate of drug-likeness (QED) is 0.487. The van der Waals surface area contributed by atoms with Gasteiger partial charge in [-0.2, -0.15) is 8.42 Å². The van der Waals surface area contributed by atoms with Gasteiger partial charge in [-0.25, -0.2) is 4.79 Å². The van der Waals surface area contributed by atoms with Crippen molar-refractivity contribution in [1.29, 1.82) is 0 Å². The minimum Gasteiger partial charge on any atom is -0.477 e. The zero-order chi connectivity index (χ0) is 16.7. The van der Waals surface area contributed by atoms with Gasteiger partial charge in [-0.3, -0.25) is 14.9 Å². The van der Waals surface area contributed by atoms with Crippen molar-refractivity contribution in [2.75, 3.05) is 11.4 Å². The van der Waals surface area contributed by atoms with E-state index < -0.39 is 56.5 Å². The first-order valence-electron chi connectivity index (χ1n) is 5.87. The molecule has 0 aliphatic carbocycles. The first kappa shape index (κ1) is 15.8. The van der Waals surface area contributed by atoms with E-state index in [2.05, 4.69) is 0 Å². The topological polar surface area (TPSA) is 135 Å². The average molecular weight is 332 g/mol. The van der Waals surface area contributed by atoms with E-state index >= 15 is 0 Å². The summed E-state index contributed by atoms with van der Waals surface area (Å²) in [5, 5.41) is 18.4. The van der Waals surface area contributed by atoms with Crippen molar-refractivity contribution in [1.82, 2.24) is 0 Å². The zero-order valence-corrected chi connectivity index (χ0v) is 11.6. The number of nitrogens with zero attached hydrogens (tertiary/aromatic N) is 2. The van der Waals surface area contributed by atoms with Crippen LogP contribution >= 0.6 is 0 Å². The Bertz CT molecular complexity index is 777. The van der Waals surface area contributed by atoms with Gasteiger partial charge in [0, 0.05) is 19.0 Å². The Balaban J connectivity index is 2.54. The molecule has 22 heavy (non-hydrogen) atoms. The van der Waals surface area contributed by atoms with E-state index in [1.807, 2.05) is 0 Å². The summed E-state index contributed by atoms with van der Waals surface area (Å²) in [5.41, 5.74) is -1.83. The molecule has 1 atom stereocenters. The highest BCUT2D eigenvalue weighted by atomic mass is 32.3. The van der Waals surface area contributed by atoms with E-state index in [9.17, 15) is 32.0 Å². The van der Waals surface area contributed by atoms with Crippen molar-refractivity contribution >= 4 is 33.5 Å². The van der Waals surface area contributed by atoms with Crippen LogP contribution in [-0.4, -0.2) is 42.1 Å². The maximum atomic E-state index is 13.0. The van der Waals surface area contributed by atoms with E-state index in [0.717, 1.165) is 23.1 Å². The van der Waals surface area contributed by atoms with Gasteiger partial charge in [0.1, 0.15) is 5.25 Å². The standard InChI is InChI=1S/C11H9FN2O7S/c12-22(20,21)6-4-9(15)13(5-6)7-2-1-3-8(14(18)19)10(7)11(16)17/h1-3,6H,4-5H2,(H,16,17). The third-order valence-electron chi connectivity index (χ3n) is 3.21. The molecule has 1 aromatic rings. The van der Waals surface area contributed by atoms with Gasteiger partial charge in [0.05, 0.1) is 10.6 Å².